The Labute approximate surface area is 215 Å². The van der Waals surface area contributed by atoms with Crippen LogP contribution in [-0.2, 0) is 0 Å². The van der Waals surface area contributed by atoms with Crippen molar-refractivity contribution in [2.24, 2.45) is 0 Å². The summed E-state index contributed by atoms with van der Waals surface area (Å²) in [5.41, 5.74) is -0.394. The van der Waals surface area contributed by atoms with Crippen LogP contribution in [0.4, 0.5) is 0 Å². The smallest absolute Gasteiger partial charge is 0.286 e. The van der Waals surface area contributed by atoms with Gasteiger partial charge >= 0.3 is 8.56 Å². The van der Waals surface area contributed by atoms with E-state index in [9.17, 15) is 0 Å². The zero-order valence-corrected chi connectivity index (χ0v) is 27.2. The predicted molar refractivity (Wildman–Crippen MR) is 156 cm³/mol. The van der Waals surface area contributed by atoms with Crippen LogP contribution in [0.25, 0.3) is 0 Å². The summed E-state index contributed by atoms with van der Waals surface area (Å²) in [6, 6.07) is 11.5. The van der Waals surface area contributed by atoms with Crippen molar-refractivity contribution < 1.29 is 0 Å². The lowest BCUT2D eigenvalue weighted by Crippen LogP contribution is -2.93. The molecule has 0 fully saturated rings. The summed E-state index contributed by atoms with van der Waals surface area (Å²) in [7, 11) is -2.87. The van der Waals surface area contributed by atoms with Crippen LogP contribution < -0.4 is 5.19 Å². The van der Waals surface area contributed by atoms with E-state index in [2.05, 4.69) is 169 Å². The maximum atomic E-state index is 2.93. The summed E-state index contributed by atoms with van der Waals surface area (Å²) in [6.45, 7) is 43.4. The average molecular weight is 490 g/mol. The van der Waals surface area contributed by atoms with E-state index >= 15 is 0 Å². The van der Waals surface area contributed by atoms with Gasteiger partial charge in [0.1, 0.15) is 0 Å². The van der Waals surface area contributed by atoms with Crippen LogP contribution in [-0.4, -0.2) is 55.5 Å². The van der Waals surface area contributed by atoms with Crippen LogP contribution in [0.5, 0.6) is 0 Å². The molecule has 0 saturated carbocycles. The molecule has 0 saturated heterocycles. The summed E-state index contributed by atoms with van der Waals surface area (Å²) in [4.78, 5) is 0. The Morgan fingerprint density at radius 2 is 0.588 bits per heavy atom. The molecule has 0 aromatic heterocycles. The first-order chi connectivity index (χ1) is 14.7. The summed E-state index contributed by atoms with van der Waals surface area (Å²) in [5.74, 6) is 0. The van der Waals surface area contributed by atoms with Gasteiger partial charge in [0.05, 0.1) is 0 Å². The first-order valence-electron chi connectivity index (χ1n) is 13.2. The van der Waals surface area contributed by atoms with Gasteiger partial charge < -0.3 is 0 Å². The quantitative estimate of drug-likeness (QED) is 0.405. The molecule has 1 aromatic rings. The first kappa shape index (κ1) is 31.3. The van der Waals surface area contributed by atoms with E-state index in [4.69, 9.17) is 0 Å². The van der Waals surface area contributed by atoms with Crippen molar-refractivity contribution in [2.45, 2.75) is 158 Å². The van der Waals surface area contributed by atoms with Crippen LogP contribution in [0.1, 0.15) is 125 Å². The SMILES string of the molecule is CC(C)(C)N(C(C)(C)C)[Si](c1ccccc1)(N(C(C)(C)C)C(C)(C)C)N(C(C)(C)C)C(C)(C)C. The minimum Gasteiger partial charge on any atom is -0.286 e. The van der Waals surface area contributed by atoms with Crippen LogP contribution in [0.15, 0.2) is 30.3 Å². The zero-order valence-electron chi connectivity index (χ0n) is 26.2. The van der Waals surface area contributed by atoms with Gasteiger partial charge in [0.25, 0.3) is 0 Å². The second kappa shape index (κ2) is 9.32. The van der Waals surface area contributed by atoms with Crippen LogP contribution in [0.3, 0.4) is 0 Å². The predicted octanol–water partition coefficient (Wildman–Crippen LogP) is 7.53. The van der Waals surface area contributed by atoms with Gasteiger partial charge in [-0.1, -0.05) is 30.3 Å². The Hall–Kier alpha value is -0.683. The molecule has 0 aliphatic carbocycles. The average Bonchev–Trinajstić information content (AvgIpc) is 2.46. The highest BCUT2D eigenvalue weighted by atomic mass is 28.4. The van der Waals surface area contributed by atoms with E-state index in [-0.39, 0.29) is 33.2 Å². The fourth-order valence-electron chi connectivity index (χ4n) is 7.17. The van der Waals surface area contributed by atoms with E-state index in [1.807, 2.05) is 0 Å². The Bertz CT molecular complexity index is 667. The fraction of sp³-hybridized carbons (Fsp3) is 0.800. The highest BCUT2D eigenvalue weighted by Gasteiger charge is 2.67. The van der Waals surface area contributed by atoms with Crippen molar-refractivity contribution in [2.75, 3.05) is 0 Å². The molecule has 0 aliphatic heterocycles. The lowest BCUT2D eigenvalue weighted by Gasteiger charge is -2.71. The lowest BCUT2D eigenvalue weighted by atomic mass is 10.0. The molecule has 3 nitrogen and oxygen atoms in total. The number of hydrogen-bond acceptors (Lipinski definition) is 3. The third-order valence-electron chi connectivity index (χ3n) is 6.12. The van der Waals surface area contributed by atoms with E-state index in [0.717, 1.165) is 0 Å². The Kier molecular flexibility index (Phi) is 8.59. The molecule has 34 heavy (non-hydrogen) atoms. The molecule has 0 N–H and O–H groups in total. The molecule has 0 heterocycles. The largest absolute Gasteiger partial charge is 0.325 e. The second-order valence-electron chi connectivity index (χ2n) is 16.0. The fourth-order valence-corrected chi connectivity index (χ4v) is 14.8. The minimum atomic E-state index is -2.87. The van der Waals surface area contributed by atoms with Crippen molar-refractivity contribution in [3.05, 3.63) is 30.3 Å². The van der Waals surface area contributed by atoms with Gasteiger partial charge in [-0.05, 0) is 130 Å². The highest BCUT2D eigenvalue weighted by Crippen LogP contribution is 2.46. The molecule has 0 spiro atoms. The first-order valence-corrected chi connectivity index (χ1v) is 15.0. The third-order valence-corrected chi connectivity index (χ3v) is 13.1. The molecule has 1 rings (SSSR count). The number of benzene rings is 1. The van der Waals surface area contributed by atoms with Gasteiger partial charge in [-0.2, -0.15) is 0 Å². The molecule has 198 valence electrons. The highest BCUT2D eigenvalue weighted by molar-refractivity contribution is 6.85. The summed E-state index contributed by atoms with van der Waals surface area (Å²) in [6.07, 6.45) is 0. The summed E-state index contributed by atoms with van der Waals surface area (Å²) >= 11 is 0. The molecule has 0 bridgehead atoms. The topological polar surface area (TPSA) is 9.72 Å². The van der Waals surface area contributed by atoms with Gasteiger partial charge in [-0.3, -0.25) is 13.7 Å². The van der Waals surface area contributed by atoms with Crippen molar-refractivity contribution in [1.82, 2.24) is 13.7 Å². The molecule has 0 atom stereocenters. The van der Waals surface area contributed by atoms with Crippen molar-refractivity contribution in [3.63, 3.8) is 0 Å². The number of rotatable bonds is 4. The molecule has 0 unspecified atom stereocenters. The van der Waals surface area contributed by atoms with Gasteiger partial charge in [0.15, 0.2) is 0 Å². The van der Waals surface area contributed by atoms with Crippen molar-refractivity contribution >= 4 is 13.7 Å². The number of hydrogen-bond donors (Lipinski definition) is 0. The van der Waals surface area contributed by atoms with E-state index in [1.54, 1.807) is 0 Å². The monoisotopic (exact) mass is 489 g/mol. The third kappa shape index (κ3) is 6.35. The van der Waals surface area contributed by atoms with Gasteiger partial charge in [0.2, 0.25) is 0 Å². The molecule has 0 aliphatic rings. The van der Waals surface area contributed by atoms with E-state index in [0.29, 0.717) is 0 Å². The maximum absolute atomic E-state index is 2.93. The molecule has 1 aromatic carbocycles. The maximum Gasteiger partial charge on any atom is 0.325 e. The molecular formula is C30H59N3Si. The van der Waals surface area contributed by atoms with Crippen LogP contribution in [0.2, 0.25) is 0 Å². The van der Waals surface area contributed by atoms with E-state index in [1.165, 1.54) is 5.19 Å². The summed E-state index contributed by atoms with van der Waals surface area (Å²) < 4.78 is 8.78. The molecule has 0 amide bonds. The Morgan fingerprint density at radius 3 is 0.765 bits per heavy atom. The van der Waals surface area contributed by atoms with Gasteiger partial charge in [0, 0.05) is 33.2 Å². The minimum absolute atomic E-state index is 0.0657. The lowest BCUT2D eigenvalue weighted by molar-refractivity contribution is -0.00287. The zero-order chi connectivity index (χ0) is 27.3. The summed E-state index contributed by atoms with van der Waals surface area (Å²) in [5, 5.41) is 1.45. The normalized spacial score (nSPS) is 15.6. The van der Waals surface area contributed by atoms with E-state index < -0.39 is 8.56 Å². The molecular weight excluding hydrogens is 430 g/mol. The van der Waals surface area contributed by atoms with Gasteiger partial charge in [-0.15, -0.1) is 0 Å². The number of nitrogens with zero attached hydrogens (tertiary/aromatic N) is 3. The van der Waals surface area contributed by atoms with Crippen LogP contribution in [0, 0.1) is 0 Å². The Morgan fingerprint density at radius 1 is 0.382 bits per heavy atom. The second-order valence-corrected chi connectivity index (χ2v) is 19.2. The molecule has 0 radical (unpaired) electrons. The van der Waals surface area contributed by atoms with Crippen molar-refractivity contribution in [1.29, 1.82) is 0 Å². The van der Waals surface area contributed by atoms with Crippen molar-refractivity contribution in [3.8, 4) is 0 Å². The Balaban J connectivity index is 4.70. The molecule has 4 heteroatoms. The van der Waals surface area contributed by atoms with Gasteiger partial charge in [-0.25, -0.2) is 0 Å². The standard InChI is InChI=1S/C30H59N3Si/c1-25(2,3)31(26(4,5)6)34(24-22-20-19-21-23-24,32(27(7,8)9)28(10,11)12)33(29(13,14)15)30(16,17)18/h19-23H,1-18H3. The van der Waals surface area contributed by atoms with Crippen LogP contribution >= 0.6 is 0 Å².